The van der Waals surface area contributed by atoms with Gasteiger partial charge in [0.25, 0.3) is 0 Å². The molecule has 2 nitrogen and oxygen atoms in total. The first-order valence-electron chi connectivity index (χ1n) is 5.64. The molecule has 2 rings (SSSR count). The van der Waals surface area contributed by atoms with E-state index in [1.54, 1.807) is 0 Å². The maximum atomic E-state index is 13.4. The first-order chi connectivity index (χ1) is 8.02. The molecule has 17 heavy (non-hydrogen) atoms. The molecule has 1 aromatic rings. The monoisotopic (exact) mass is 305 g/mol. The molecular formula is C12H14BrF2NO. The Morgan fingerprint density at radius 2 is 1.88 bits per heavy atom. The number of phenolic OH excluding ortho intramolecular Hbond substituents is 1. The van der Waals surface area contributed by atoms with Crippen LogP contribution in [0.5, 0.6) is 5.75 Å². The summed E-state index contributed by atoms with van der Waals surface area (Å²) < 4.78 is 26.6. The molecule has 1 atom stereocenters. The van der Waals surface area contributed by atoms with E-state index in [4.69, 9.17) is 5.73 Å². The first-order valence-corrected chi connectivity index (χ1v) is 6.43. The van der Waals surface area contributed by atoms with Gasteiger partial charge in [-0.1, -0.05) is 12.8 Å². The maximum Gasteiger partial charge on any atom is 0.201 e. The van der Waals surface area contributed by atoms with Gasteiger partial charge in [0, 0.05) is 11.6 Å². The zero-order chi connectivity index (χ0) is 12.6. The Bertz CT molecular complexity index is 433. The van der Waals surface area contributed by atoms with Gasteiger partial charge in [0.2, 0.25) is 5.82 Å². The molecule has 1 aliphatic rings. The third-order valence-electron chi connectivity index (χ3n) is 3.43. The Morgan fingerprint density at radius 3 is 2.47 bits per heavy atom. The van der Waals surface area contributed by atoms with E-state index >= 15 is 0 Å². The highest BCUT2D eigenvalue weighted by Gasteiger charge is 2.28. The van der Waals surface area contributed by atoms with Crippen molar-refractivity contribution in [2.45, 2.75) is 31.7 Å². The predicted octanol–water partition coefficient (Wildman–Crippen LogP) is 3.62. The molecule has 0 spiro atoms. The van der Waals surface area contributed by atoms with Crippen LogP contribution in [0.1, 0.15) is 37.3 Å². The van der Waals surface area contributed by atoms with Crippen molar-refractivity contribution in [3.63, 3.8) is 0 Å². The van der Waals surface area contributed by atoms with Crippen molar-refractivity contribution in [1.82, 2.24) is 0 Å². The second-order valence-corrected chi connectivity index (χ2v) is 5.35. The third kappa shape index (κ3) is 2.31. The van der Waals surface area contributed by atoms with E-state index in [9.17, 15) is 13.9 Å². The fourth-order valence-electron chi connectivity index (χ4n) is 2.43. The second-order valence-electron chi connectivity index (χ2n) is 4.49. The van der Waals surface area contributed by atoms with Crippen LogP contribution in [0, 0.1) is 17.6 Å². The SMILES string of the molecule is N[C@@H](c1cc(Br)c(F)c(F)c1O)C1CCCC1. The number of halogens is 3. The molecule has 0 heterocycles. The summed E-state index contributed by atoms with van der Waals surface area (Å²) in [5.74, 6) is -2.74. The molecule has 0 amide bonds. The minimum Gasteiger partial charge on any atom is -0.505 e. The smallest absolute Gasteiger partial charge is 0.201 e. The van der Waals surface area contributed by atoms with Crippen molar-refractivity contribution >= 4 is 15.9 Å². The number of hydrogen-bond acceptors (Lipinski definition) is 2. The van der Waals surface area contributed by atoms with Crippen LogP contribution < -0.4 is 5.73 Å². The number of nitrogens with two attached hydrogens (primary N) is 1. The van der Waals surface area contributed by atoms with Crippen molar-refractivity contribution in [3.8, 4) is 5.75 Å². The average Bonchev–Trinajstić information content (AvgIpc) is 2.84. The summed E-state index contributed by atoms with van der Waals surface area (Å²) in [5, 5.41) is 9.62. The predicted molar refractivity (Wildman–Crippen MR) is 64.6 cm³/mol. The van der Waals surface area contributed by atoms with Crippen molar-refractivity contribution < 1.29 is 13.9 Å². The third-order valence-corrected chi connectivity index (χ3v) is 4.01. The highest BCUT2D eigenvalue weighted by molar-refractivity contribution is 9.10. The van der Waals surface area contributed by atoms with Gasteiger partial charge in [-0.25, -0.2) is 4.39 Å². The molecule has 3 N–H and O–H groups in total. The molecular weight excluding hydrogens is 292 g/mol. The van der Waals surface area contributed by atoms with Crippen LogP contribution >= 0.6 is 15.9 Å². The minimum absolute atomic E-state index is 0.00348. The van der Waals surface area contributed by atoms with E-state index in [2.05, 4.69) is 15.9 Å². The topological polar surface area (TPSA) is 46.2 Å². The molecule has 1 aliphatic carbocycles. The van der Waals surface area contributed by atoms with E-state index in [1.165, 1.54) is 6.07 Å². The van der Waals surface area contributed by atoms with Gasteiger partial charge in [-0.15, -0.1) is 0 Å². The molecule has 1 aromatic carbocycles. The zero-order valence-electron chi connectivity index (χ0n) is 9.22. The van der Waals surface area contributed by atoms with Gasteiger partial charge in [-0.2, -0.15) is 4.39 Å². The van der Waals surface area contributed by atoms with E-state index in [0.717, 1.165) is 25.7 Å². The highest BCUT2D eigenvalue weighted by Crippen LogP contribution is 2.40. The highest BCUT2D eigenvalue weighted by atomic mass is 79.9. The fourth-order valence-corrected chi connectivity index (χ4v) is 2.85. The Labute approximate surface area is 107 Å². The molecule has 0 unspecified atom stereocenters. The zero-order valence-corrected chi connectivity index (χ0v) is 10.8. The van der Waals surface area contributed by atoms with Crippen LogP contribution in [0.15, 0.2) is 10.5 Å². The summed E-state index contributed by atoms with van der Waals surface area (Å²) in [7, 11) is 0. The Morgan fingerprint density at radius 1 is 1.29 bits per heavy atom. The summed E-state index contributed by atoms with van der Waals surface area (Å²) in [6.45, 7) is 0. The second kappa shape index (κ2) is 4.90. The Hall–Kier alpha value is -0.680. The summed E-state index contributed by atoms with van der Waals surface area (Å²) in [6, 6.07) is 0.931. The van der Waals surface area contributed by atoms with E-state index < -0.39 is 23.4 Å². The van der Waals surface area contributed by atoms with E-state index in [1.807, 2.05) is 0 Å². The van der Waals surface area contributed by atoms with Gasteiger partial charge in [0.05, 0.1) is 4.47 Å². The standard InChI is InChI=1S/C12H14BrF2NO/c13-8-5-7(12(17)10(15)9(8)14)11(16)6-3-1-2-4-6/h5-6,11,17H,1-4,16H2/t11-/m1/s1. The van der Waals surface area contributed by atoms with Crippen LogP contribution in [0.2, 0.25) is 0 Å². The molecule has 0 aliphatic heterocycles. The summed E-state index contributed by atoms with van der Waals surface area (Å²) in [4.78, 5) is 0. The molecule has 0 saturated heterocycles. The van der Waals surface area contributed by atoms with Crippen molar-refractivity contribution in [3.05, 3.63) is 27.7 Å². The van der Waals surface area contributed by atoms with Gasteiger partial charge in [0.1, 0.15) is 0 Å². The quantitative estimate of drug-likeness (QED) is 0.820. The van der Waals surface area contributed by atoms with Crippen molar-refractivity contribution in [2.24, 2.45) is 11.7 Å². The van der Waals surface area contributed by atoms with E-state index in [-0.39, 0.29) is 16.0 Å². The molecule has 94 valence electrons. The lowest BCUT2D eigenvalue weighted by molar-refractivity contribution is 0.376. The molecule has 0 radical (unpaired) electrons. The van der Waals surface area contributed by atoms with E-state index in [0.29, 0.717) is 0 Å². The Balaban J connectivity index is 2.37. The number of benzene rings is 1. The number of hydrogen-bond donors (Lipinski definition) is 2. The van der Waals surface area contributed by atoms with Crippen molar-refractivity contribution in [2.75, 3.05) is 0 Å². The largest absolute Gasteiger partial charge is 0.505 e. The van der Waals surface area contributed by atoms with Crippen LogP contribution in [0.3, 0.4) is 0 Å². The van der Waals surface area contributed by atoms with Gasteiger partial charge in [-0.05, 0) is 40.8 Å². The first kappa shape index (κ1) is 12.8. The van der Waals surface area contributed by atoms with Gasteiger partial charge >= 0.3 is 0 Å². The summed E-state index contributed by atoms with van der Waals surface area (Å²) in [5.41, 5.74) is 6.30. The molecule has 1 saturated carbocycles. The van der Waals surface area contributed by atoms with Gasteiger partial charge in [-0.3, -0.25) is 0 Å². The molecule has 0 aromatic heterocycles. The van der Waals surface area contributed by atoms with Gasteiger partial charge in [0.15, 0.2) is 11.6 Å². The lowest BCUT2D eigenvalue weighted by atomic mass is 9.92. The van der Waals surface area contributed by atoms with Crippen molar-refractivity contribution in [1.29, 1.82) is 0 Å². The average molecular weight is 306 g/mol. The van der Waals surface area contributed by atoms with Crippen LogP contribution in [-0.4, -0.2) is 5.11 Å². The van der Waals surface area contributed by atoms with Crippen LogP contribution in [0.25, 0.3) is 0 Å². The molecule has 5 heteroatoms. The minimum atomic E-state index is -1.23. The summed E-state index contributed by atoms with van der Waals surface area (Å²) >= 11 is 2.93. The summed E-state index contributed by atoms with van der Waals surface area (Å²) in [6.07, 6.45) is 4.14. The molecule has 1 fully saturated rings. The normalized spacial score (nSPS) is 18.6. The lowest BCUT2D eigenvalue weighted by Gasteiger charge is -2.20. The fraction of sp³-hybridized carbons (Fsp3) is 0.500. The number of phenols is 1. The Kier molecular flexibility index (Phi) is 3.68. The lowest BCUT2D eigenvalue weighted by Crippen LogP contribution is -2.19. The van der Waals surface area contributed by atoms with Crippen LogP contribution in [0.4, 0.5) is 8.78 Å². The maximum absolute atomic E-state index is 13.4. The molecule has 0 bridgehead atoms. The van der Waals surface area contributed by atoms with Gasteiger partial charge < -0.3 is 10.8 Å². The van der Waals surface area contributed by atoms with Crippen LogP contribution in [-0.2, 0) is 0 Å². The number of rotatable bonds is 2. The number of aromatic hydroxyl groups is 1.